The molecule has 0 unspecified atom stereocenters. The summed E-state index contributed by atoms with van der Waals surface area (Å²) in [6.45, 7) is 0.616. The first-order valence-electron chi connectivity index (χ1n) is 7.30. The Morgan fingerprint density at radius 1 is 1.26 bits per heavy atom. The first-order chi connectivity index (χ1) is 11.0. The maximum atomic E-state index is 12.0. The molecular weight excluding hydrogens is 366 g/mol. The zero-order valence-electron chi connectivity index (χ0n) is 12.4. The highest BCUT2D eigenvalue weighted by Crippen LogP contribution is 2.18. The molecule has 8 heteroatoms. The minimum atomic E-state index is -0.975. The Labute approximate surface area is 142 Å². The molecule has 1 aromatic rings. The van der Waals surface area contributed by atoms with Crippen LogP contribution in [0.25, 0.3) is 0 Å². The van der Waals surface area contributed by atoms with E-state index in [4.69, 9.17) is 5.11 Å². The topological polar surface area (TPSA) is 98.7 Å². The van der Waals surface area contributed by atoms with Gasteiger partial charge in [0.15, 0.2) is 0 Å². The molecule has 0 spiro atoms. The van der Waals surface area contributed by atoms with Crippen molar-refractivity contribution in [2.45, 2.75) is 25.3 Å². The molecule has 1 aliphatic rings. The van der Waals surface area contributed by atoms with Gasteiger partial charge in [-0.05, 0) is 37.1 Å². The lowest BCUT2D eigenvalue weighted by molar-refractivity contribution is -0.148. The zero-order chi connectivity index (χ0) is 16.8. The molecule has 0 radical (unpaired) electrons. The summed E-state index contributed by atoms with van der Waals surface area (Å²) in [5.74, 6) is -1.23. The van der Waals surface area contributed by atoms with Crippen LogP contribution in [0, 0.1) is 0 Å². The van der Waals surface area contributed by atoms with Crippen molar-refractivity contribution < 1.29 is 19.5 Å². The molecule has 124 valence electrons. The van der Waals surface area contributed by atoms with Crippen LogP contribution < -0.4 is 10.6 Å². The summed E-state index contributed by atoms with van der Waals surface area (Å²) in [5.41, 5.74) is 0.641. The number of carboxylic acids is 1. The van der Waals surface area contributed by atoms with Crippen molar-refractivity contribution in [2.24, 2.45) is 0 Å². The van der Waals surface area contributed by atoms with E-state index in [2.05, 4.69) is 26.6 Å². The summed E-state index contributed by atoms with van der Waals surface area (Å²) in [6.07, 6.45) is 1.26. The summed E-state index contributed by atoms with van der Waals surface area (Å²) in [4.78, 5) is 36.2. The Balaban J connectivity index is 1.73. The predicted octanol–water partition coefficient (Wildman–Crippen LogP) is 2.04. The highest BCUT2D eigenvalue weighted by molar-refractivity contribution is 9.10. The molecule has 1 atom stereocenters. The normalized spacial score (nSPS) is 16.9. The number of anilines is 1. The van der Waals surface area contributed by atoms with Gasteiger partial charge in [-0.3, -0.25) is 4.79 Å². The second-order valence-corrected chi connectivity index (χ2v) is 6.14. The summed E-state index contributed by atoms with van der Waals surface area (Å²) in [6, 6.07) is 5.96. The van der Waals surface area contributed by atoms with Crippen LogP contribution in [0.4, 0.5) is 10.5 Å². The first kappa shape index (κ1) is 17.3. The predicted molar refractivity (Wildman–Crippen MR) is 88.2 cm³/mol. The lowest BCUT2D eigenvalue weighted by Gasteiger charge is -2.21. The Kier molecular flexibility index (Phi) is 5.97. The third-order valence-corrected chi connectivity index (χ3v) is 4.11. The van der Waals surface area contributed by atoms with Crippen molar-refractivity contribution in [3.8, 4) is 0 Å². The van der Waals surface area contributed by atoms with Crippen LogP contribution >= 0.6 is 15.9 Å². The van der Waals surface area contributed by atoms with Crippen LogP contribution in [0.15, 0.2) is 28.7 Å². The van der Waals surface area contributed by atoms with Crippen LogP contribution in [0.1, 0.15) is 19.3 Å². The molecular formula is C15H18BrN3O4. The maximum Gasteiger partial charge on any atom is 0.326 e. The lowest BCUT2D eigenvalue weighted by atomic mass is 10.2. The van der Waals surface area contributed by atoms with E-state index in [1.54, 1.807) is 24.3 Å². The Hall–Kier alpha value is -2.09. The van der Waals surface area contributed by atoms with Gasteiger partial charge >= 0.3 is 12.0 Å². The van der Waals surface area contributed by atoms with E-state index in [1.807, 2.05) is 0 Å². The highest BCUT2D eigenvalue weighted by Gasteiger charge is 2.33. The number of benzene rings is 1. The number of carbonyl (C=O) groups excluding carboxylic acids is 2. The van der Waals surface area contributed by atoms with Gasteiger partial charge in [-0.2, -0.15) is 0 Å². The maximum absolute atomic E-state index is 12.0. The van der Waals surface area contributed by atoms with Gasteiger partial charge < -0.3 is 20.6 Å². The van der Waals surface area contributed by atoms with Crippen LogP contribution in [0.3, 0.4) is 0 Å². The molecule has 0 saturated carbocycles. The number of halogens is 1. The monoisotopic (exact) mass is 383 g/mol. The van der Waals surface area contributed by atoms with Gasteiger partial charge in [0.05, 0.1) is 0 Å². The lowest BCUT2D eigenvalue weighted by Crippen LogP contribution is -2.42. The number of rotatable bonds is 5. The molecule has 1 fully saturated rings. The summed E-state index contributed by atoms with van der Waals surface area (Å²) >= 11 is 3.30. The van der Waals surface area contributed by atoms with Gasteiger partial charge in [0, 0.05) is 29.7 Å². The van der Waals surface area contributed by atoms with Crippen LogP contribution in [-0.4, -0.2) is 47.0 Å². The minimum Gasteiger partial charge on any atom is -0.480 e. The molecule has 1 aromatic carbocycles. The van der Waals surface area contributed by atoms with E-state index < -0.39 is 18.0 Å². The van der Waals surface area contributed by atoms with E-state index in [-0.39, 0.29) is 18.9 Å². The molecule has 0 aromatic heterocycles. The molecule has 3 N–H and O–H groups in total. The second-order valence-electron chi connectivity index (χ2n) is 5.22. The number of hydrogen-bond acceptors (Lipinski definition) is 3. The number of likely N-dealkylation sites (tertiary alicyclic amines) is 1. The van der Waals surface area contributed by atoms with Crippen molar-refractivity contribution in [3.63, 3.8) is 0 Å². The van der Waals surface area contributed by atoms with E-state index >= 15 is 0 Å². The van der Waals surface area contributed by atoms with Crippen molar-refractivity contribution in [1.82, 2.24) is 10.2 Å². The minimum absolute atomic E-state index is 0.0809. The van der Waals surface area contributed by atoms with Gasteiger partial charge in [0.2, 0.25) is 5.91 Å². The molecule has 0 bridgehead atoms. The highest BCUT2D eigenvalue weighted by atomic mass is 79.9. The number of hydrogen-bond donors (Lipinski definition) is 3. The standard InChI is InChI=1S/C15H18BrN3O4/c16-10-3-5-11(6-4-10)18-15(23)17-8-7-13(20)19-9-1-2-12(19)14(21)22/h3-6,12H,1-2,7-9H2,(H,21,22)(H2,17,18,23)/t12-/m0/s1. The molecule has 23 heavy (non-hydrogen) atoms. The fourth-order valence-corrected chi connectivity index (χ4v) is 2.72. The van der Waals surface area contributed by atoms with Gasteiger partial charge in [-0.25, -0.2) is 9.59 Å². The molecule has 1 saturated heterocycles. The number of nitrogens with one attached hydrogen (secondary N) is 2. The van der Waals surface area contributed by atoms with Gasteiger partial charge in [0.25, 0.3) is 0 Å². The Morgan fingerprint density at radius 2 is 1.96 bits per heavy atom. The van der Waals surface area contributed by atoms with Crippen molar-refractivity contribution >= 4 is 39.5 Å². The van der Waals surface area contributed by atoms with Crippen LogP contribution in [-0.2, 0) is 9.59 Å². The number of amides is 3. The number of nitrogens with zero attached hydrogens (tertiary/aromatic N) is 1. The van der Waals surface area contributed by atoms with Crippen LogP contribution in [0.5, 0.6) is 0 Å². The van der Waals surface area contributed by atoms with Gasteiger partial charge in [-0.1, -0.05) is 15.9 Å². The van der Waals surface area contributed by atoms with Gasteiger partial charge in [-0.15, -0.1) is 0 Å². The number of carboxylic acid groups (broad SMARTS) is 1. The summed E-state index contributed by atoms with van der Waals surface area (Å²) in [5, 5.41) is 14.3. The number of carbonyl (C=O) groups is 3. The number of urea groups is 1. The smallest absolute Gasteiger partial charge is 0.326 e. The molecule has 1 aliphatic heterocycles. The second kappa shape index (κ2) is 7.96. The van der Waals surface area contributed by atoms with E-state index in [9.17, 15) is 14.4 Å². The molecule has 3 amide bonds. The van der Waals surface area contributed by atoms with E-state index in [0.29, 0.717) is 25.1 Å². The first-order valence-corrected chi connectivity index (χ1v) is 8.09. The molecule has 2 rings (SSSR count). The van der Waals surface area contributed by atoms with Crippen LogP contribution in [0.2, 0.25) is 0 Å². The summed E-state index contributed by atoms with van der Waals surface area (Å²) in [7, 11) is 0. The van der Waals surface area contributed by atoms with E-state index in [0.717, 1.165) is 4.47 Å². The number of aliphatic carboxylic acids is 1. The summed E-state index contributed by atoms with van der Waals surface area (Å²) < 4.78 is 0.910. The third-order valence-electron chi connectivity index (χ3n) is 3.58. The van der Waals surface area contributed by atoms with Crippen molar-refractivity contribution in [1.29, 1.82) is 0 Å². The Bertz CT molecular complexity index is 591. The fourth-order valence-electron chi connectivity index (χ4n) is 2.46. The molecule has 1 heterocycles. The SMILES string of the molecule is O=C(NCCC(=O)N1CCC[C@H]1C(=O)O)Nc1ccc(Br)cc1. The average molecular weight is 384 g/mol. The average Bonchev–Trinajstić information content (AvgIpc) is 2.99. The van der Waals surface area contributed by atoms with Gasteiger partial charge in [0.1, 0.15) is 6.04 Å². The zero-order valence-corrected chi connectivity index (χ0v) is 14.0. The largest absolute Gasteiger partial charge is 0.480 e. The Morgan fingerprint density at radius 3 is 2.61 bits per heavy atom. The van der Waals surface area contributed by atoms with E-state index in [1.165, 1.54) is 4.90 Å². The molecule has 7 nitrogen and oxygen atoms in total. The molecule has 0 aliphatic carbocycles. The van der Waals surface area contributed by atoms with Crippen molar-refractivity contribution in [2.75, 3.05) is 18.4 Å². The quantitative estimate of drug-likeness (QED) is 0.724. The fraction of sp³-hybridized carbons (Fsp3) is 0.400. The van der Waals surface area contributed by atoms with Crippen molar-refractivity contribution in [3.05, 3.63) is 28.7 Å². The third kappa shape index (κ3) is 4.95.